The van der Waals surface area contributed by atoms with Gasteiger partial charge in [-0.3, -0.25) is 14.5 Å². The first-order valence-corrected chi connectivity index (χ1v) is 10.2. The van der Waals surface area contributed by atoms with Gasteiger partial charge < -0.3 is 5.11 Å². The minimum atomic E-state index is -0.386. The summed E-state index contributed by atoms with van der Waals surface area (Å²) in [5, 5.41) is 17.7. The molecule has 142 valence electrons. The van der Waals surface area contributed by atoms with Crippen molar-refractivity contribution in [1.29, 1.82) is 0 Å². The molecule has 7 heteroatoms. The molecule has 0 aliphatic carbocycles. The second-order valence-electron chi connectivity index (χ2n) is 6.97. The Morgan fingerprint density at radius 3 is 2.52 bits per heavy atom. The van der Waals surface area contributed by atoms with Gasteiger partial charge in [0.1, 0.15) is 5.01 Å². The first-order valence-electron chi connectivity index (χ1n) is 9.36. The number of aliphatic hydroxyl groups is 1. The average molecular weight is 384 g/mol. The van der Waals surface area contributed by atoms with E-state index in [2.05, 4.69) is 44.5 Å². The molecule has 27 heavy (non-hydrogen) atoms. The number of β-amino-alcohol motifs (C(OH)–C–C–N with tert-alkyl or cyclic N) is 1. The Balaban J connectivity index is 1.23. The maximum Gasteiger partial charge on any atom is 0.123 e. The molecule has 0 saturated carbocycles. The number of aromatic nitrogens is 3. The molecule has 2 aromatic heterocycles. The minimum absolute atomic E-state index is 0.386. The van der Waals surface area contributed by atoms with Gasteiger partial charge in [-0.2, -0.15) is 5.10 Å². The second kappa shape index (κ2) is 8.75. The summed E-state index contributed by atoms with van der Waals surface area (Å²) in [6.07, 6.45) is 3.25. The van der Waals surface area contributed by atoms with E-state index < -0.39 is 0 Å². The molecular formula is C20H25N5OS. The van der Waals surface area contributed by atoms with E-state index >= 15 is 0 Å². The molecule has 1 N–H and O–H groups in total. The number of piperazine rings is 1. The number of rotatable bonds is 7. The van der Waals surface area contributed by atoms with Crippen LogP contribution in [-0.4, -0.2) is 68.5 Å². The van der Waals surface area contributed by atoms with E-state index in [0.29, 0.717) is 13.1 Å². The van der Waals surface area contributed by atoms with Crippen LogP contribution in [-0.2, 0) is 13.1 Å². The standard InChI is InChI=1S/C20H25N5OS/c26-19(15-25-8-4-7-21-25)14-24-11-9-23(10-12-24)13-18-16-27-20(22-18)17-5-2-1-3-6-17/h1-8,16,19,26H,9-15H2. The van der Waals surface area contributed by atoms with Crippen LogP contribution >= 0.6 is 11.3 Å². The highest BCUT2D eigenvalue weighted by Crippen LogP contribution is 2.24. The highest BCUT2D eigenvalue weighted by Gasteiger charge is 2.20. The van der Waals surface area contributed by atoms with Crippen molar-refractivity contribution < 1.29 is 5.11 Å². The average Bonchev–Trinajstić information content (AvgIpc) is 3.36. The van der Waals surface area contributed by atoms with Gasteiger partial charge in [0.15, 0.2) is 0 Å². The lowest BCUT2D eigenvalue weighted by molar-refractivity contribution is 0.0602. The Morgan fingerprint density at radius 1 is 1.00 bits per heavy atom. The summed E-state index contributed by atoms with van der Waals surface area (Å²) < 4.78 is 1.79. The van der Waals surface area contributed by atoms with Crippen LogP contribution in [0.5, 0.6) is 0 Å². The van der Waals surface area contributed by atoms with Crippen LogP contribution in [0.25, 0.3) is 10.6 Å². The van der Waals surface area contributed by atoms with Crippen LogP contribution in [0, 0.1) is 0 Å². The molecule has 1 saturated heterocycles. The molecule has 0 radical (unpaired) electrons. The molecule has 6 nitrogen and oxygen atoms in total. The van der Waals surface area contributed by atoms with Crippen molar-refractivity contribution in [3.8, 4) is 10.6 Å². The Morgan fingerprint density at radius 2 is 1.78 bits per heavy atom. The zero-order chi connectivity index (χ0) is 18.5. The quantitative estimate of drug-likeness (QED) is 0.678. The van der Waals surface area contributed by atoms with Gasteiger partial charge in [0.2, 0.25) is 0 Å². The predicted molar refractivity (Wildman–Crippen MR) is 108 cm³/mol. The predicted octanol–water partition coefficient (Wildman–Crippen LogP) is 2.19. The van der Waals surface area contributed by atoms with Gasteiger partial charge >= 0.3 is 0 Å². The van der Waals surface area contributed by atoms with Crippen molar-refractivity contribution in [3.05, 3.63) is 59.9 Å². The van der Waals surface area contributed by atoms with Gasteiger partial charge in [-0.1, -0.05) is 30.3 Å². The Hall–Kier alpha value is -2.06. The topological polar surface area (TPSA) is 57.4 Å². The van der Waals surface area contributed by atoms with Crippen LogP contribution in [0.2, 0.25) is 0 Å². The molecule has 1 atom stereocenters. The second-order valence-corrected chi connectivity index (χ2v) is 7.83. The summed E-state index contributed by atoms with van der Waals surface area (Å²) in [5.74, 6) is 0. The van der Waals surface area contributed by atoms with Gasteiger partial charge in [0.25, 0.3) is 0 Å². The Labute approximate surface area is 163 Å². The molecule has 1 aromatic carbocycles. The van der Waals surface area contributed by atoms with E-state index in [4.69, 9.17) is 4.98 Å². The maximum absolute atomic E-state index is 10.3. The SMILES string of the molecule is OC(CN1CCN(Cc2csc(-c3ccccc3)n2)CC1)Cn1cccn1. The summed E-state index contributed by atoms with van der Waals surface area (Å²) in [7, 11) is 0. The molecule has 3 heterocycles. The molecular weight excluding hydrogens is 358 g/mol. The molecule has 0 spiro atoms. The van der Waals surface area contributed by atoms with Crippen molar-refractivity contribution in [2.45, 2.75) is 19.2 Å². The van der Waals surface area contributed by atoms with Crippen LogP contribution in [0.1, 0.15) is 5.69 Å². The third kappa shape index (κ3) is 5.01. The number of benzene rings is 1. The van der Waals surface area contributed by atoms with Crippen LogP contribution in [0.4, 0.5) is 0 Å². The first kappa shape index (κ1) is 18.3. The van der Waals surface area contributed by atoms with Gasteiger partial charge in [-0.25, -0.2) is 4.98 Å². The largest absolute Gasteiger partial charge is 0.390 e. The molecule has 1 aliphatic rings. The highest BCUT2D eigenvalue weighted by molar-refractivity contribution is 7.13. The fourth-order valence-corrected chi connectivity index (χ4v) is 4.25. The van der Waals surface area contributed by atoms with Gasteiger partial charge in [-0.05, 0) is 6.07 Å². The van der Waals surface area contributed by atoms with E-state index in [1.54, 1.807) is 22.2 Å². The van der Waals surface area contributed by atoms with E-state index in [-0.39, 0.29) is 6.10 Å². The van der Waals surface area contributed by atoms with E-state index in [1.165, 1.54) is 5.56 Å². The van der Waals surface area contributed by atoms with E-state index in [1.807, 2.05) is 18.3 Å². The van der Waals surface area contributed by atoms with Crippen molar-refractivity contribution in [2.24, 2.45) is 0 Å². The number of hydrogen-bond acceptors (Lipinski definition) is 6. The lowest BCUT2D eigenvalue weighted by Gasteiger charge is -2.35. The molecule has 3 aromatic rings. The monoisotopic (exact) mass is 383 g/mol. The number of hydrogen-bond donors (Lipinski definition) is 1. The highest BCUT2D eigenvalue weighted by atomic mass is 32.1. The van der Waals surface area contributed by atoms with Crippen molar-refractivity contribution >= 4 is 11.3 Å². The van der Waals surface area contributed by atoms with Crippen molar-refractivity contribution in [2.75, 3.05) is 32.7 Å². The van der Waals surface area contributed by atoms with E-state index in [9.17, 15) is 5.11 Å². The fraction of sp³-hybridized carbons (Fsp3) is 0.400. The van der Waals surface area contributed by atoms with Gasteiger partial charge in [0, 0.05) is 62.6 Å². The summed E-state index contributed by atoms with van der Waals surface area (Å²) in [6.45, 7) is 6.11. The smallest absolute Gasteiger partial charge is 0.123 e. The fourth-order valence-electron chi connectivity index (χ4n) is 3.43. The summed E-state index contributed by atoms with van der Waals surface area (Å²) in [4.78, 5) is 9.58. The number of aliphatic hydroxyl groups excluding tert-OH is 1. The molecule has 1 fully saturated rings. The van der Waals surface area contributed by atoms with Gasteiger partial charge in [-0.15, -0.1) is 11.3 Å². The number of nitrogens with zero attached hydrogens (tertiary/aromatic N) is 5. The number of thiazole rings is 1. The van der Waals surface area contributed by atoms with Crippen LogP contribution < -0.4 is 0 Å². The lowest BCUT2D eigenvalue weighted by Crippen LogP contribution is -2.48. The van der Waals surface area contributed by atoms with Crippen molar-refractivity contribution in [3.63, 3.8) is 0 Å². The Kier molecular flexibility index (Phi) is 5.94. The van der Waals surface area contributed by atoms with Crippen LogP contribution in [0.3, 0.4) is 0 Å². The zero-order valence-electron chi connectivity index (χ0n) is 15.3. The summed E-state index contributed by atoms with van der Waals surface area (Å²) in [6, 6.07) is 12.2. The molecule has 0 bridgehead atoms. The summed E-state index contributed by atoms with van der Waals surface area (Å²) >= 11 is 1.71. The maximum atomic E-state index is 10.3. The lowest BCUT2D eigenvalue weighted by atomic mass is 10.2. The molecule has 1 aliphatic heterocycles. The van der Waals surface area contributed by atoms with Crippen LogP contribution in [0.15, 0.2) is 54.2 Å². The summed E-state index contributed by atoms with van der Waals surface area (Å²) in [5.41, 5.74) is 2.33. The molecule has 4 rings (SSSR count). The Bertz CT molecular complexity index is 812. The van der Waals surface area contributed by atoms with Crippen molar-refractivity contribution in [1.82, 2.24) is 24.6 Å². The third-order valence-electron chi connectivity index (χ3n) is 4.85. The molecule has 0 amide bonds. The van der Waals surface area contributed by atoms with E-state index in [0.717, 1.165) is 43.4 Å². The molecule has 1 unspecified atom stereocenters. The third-order valence-corrected chi connectivity index (χ3v) is 5.79. The normalized spacial score (nSPS) is 17.2. The zero-order valence-corrected chi connectivity index (χ0v) is 16.1. The minimum Gasteiger partial charge on any atom is -0.390 e. The van der Waals surface area contributed by atoms with Gasteiger partial charge in [0.05, 0.1) is 18.3 Å². The first-order chi connectivity index (χ1) is 13.3.